The monoisotopic (exact) mass is 390 g/mol. The average molecular weight is 391 g/mol. The van der Waals surface area contributed by atoms with Gasteiger partial charge in [0.25, 0.3) is 0 Å². The van der Waals surface area contributed by atoms with Gasteiger partial charge in [0.2, 0.25) is 0 Å². The smallest absolute Gasteiger partial charge is 0.326 e. The van der Waals surface area contributed by atoms with Crippen molar-refractivity contribution in [2.75, 3.05) is 6.54 Å². The van der Waals surface area contributed by atoms with Crippen LogP contribution in [0.3, 0.4) is 0 Å². The molecule has 0 aliphatic heterocycles. The highest BCUT2D eigenvalue weighted by Crippen LogP contribution is 2.33. The van der Waals surface area contributed by atoms with Gasteiger partial charge in [0.1, 0.15) is 6.04 Å². The van der Waals surface area contributed by atoms with Crippen LogP contribution in [-0.4, -0.2) is 35.2 Å². The Morgan fingerprint density at radius 2 is 1.50 bits per heavy atom. The lowest BCUT2D eigenvalue weighted by Gasteiger charge is -2.30. The third-order valence-electron chi connectivity index (χ3n) is 5.24. The first kappa shape index (κ1) is 22.2. The Bertz CT molecular complexity index is 689. The number of hydrogen-bond acceptors (Lipinski definition) is 5. The molecule has 0 heterocycles. The Kier molecular flexibility index (Phi) is 7.07. The van der Waals surface area contributed by atoms with E-state index in [4.69, 9.17) is 0 Å². The van der Waals surface area contributed by atoms with E-state index in [0.717, 1.165) is 37.2 Å². The van der Waals surface area contributed by atoms with Crippen LogP contribution in [0.1, 0.15) is 72.6 Å². The summed E-state index contributed by atoms with van der Waals surface area (Å²) in [5, 5.41) is 15.9. The van der Waals surface area contributed by atoms with Crippen molar-refractivity contribution in [3.63, 3.8) is 0 Å². The van der Waals surface area contributed by atoms with Crippen molar-refractivity contribution in [1.82, 2.24) is 10.6 Å². The molecule has 0 saturated carbocycles. The van der Waals surface area contributed by atoms with E-state index in [9.17, 15) is 19.5 Å². The fourth-order valence-electron chi connectivity index (χ4n) is 4.10. The van der Waals surface area contributed by atoms with Gasteiger partial charge in [-0.05, 0) is 42.9 Å². The van der Waals surface area contributed by atoms with Crippen molar-refractivity contribution in [1.29, 1.82) is 0 Å². The first-order valence-electron chi connectivity index (χ1n) is 10.2. The molecule has 0 amide bonds. The maximum atomic E-state index is 11.9. The van der Waals surface area contributed by atoms with Crippen LogP contribution >= 0.6 is 0 Å². The molecule has 1 atom stereocenters. The van der Waals surface area contributed by atoms with Crippen LogP contribution in [0.25, 0.3) is 0 Å². The number of rotatable bonds is 9. The summed E-state index contributed by atoms with van der Waals surface area (Å²) < 4.78 is 0. The summed E-state index contributed by atoms with van der Waals surface area (Å²) in [7, 11) is 0. The van der Waals surface area contributed by atoms with Gasteiger partial charge in [-0.3, -0.25) is 9.59 Å². The summed E-state index contributed by atoms with van der Waals surface area (Å²) in [5.41, 5.74) is 1.55. The number of allylic oxidation sites excluding steroid dienone is 4. The number of aliphatic carboxylic acids is 1. The van der Waals surface area contributed by atoms with Gasteiger partial charge < -0.3 is 15.7 Å². The van der Waals surface area contributed by atoms with E-state index in [1.807, 2.05) is 13.8 Å². The Morgan fingerprint density at radius 3 is 2.04 bits per heavy atom. The molecule has 0 unspecified atom stereocenters. The van der Waals surface area contributed by atoms with Crippen molar-refractivity contribution < 1.29 is 19.5 Å². The molecule has 2 aliphatic carbocycles. The van der Waals surface area contributed by atoms with Gasteiger partial charge in [0, 0.05) is 42.9 Å². The molecule has 0 aromatic heterocycles. The molecule has 2 aliphatic rings. The van der Waals surface area contributed by atoms with E-state index in [1.165, 1.54) is 0 Å². The first-order chi connectivity index (χ1) is 13.0. The number of nitrogens with one attached hydrogen (secondary N) is 2. The summed E-state index contributed by atoms with van der Waals surface area (Å²) in [5.74, 6) is -0.690. The number of ketones is 2. The molecule has 6 nitrogen and oxygen atoms in total. The van der Waals surface area contributed by atoms with Crippen LogP contribution in [-0.2, 0) is 14.4 Å². The minimum atomic E-state index is -0.896. The molecule has 0 bridgehead atoms. The third-order valence-corrected chi connectivity index (χ3v) is 5.24. The van der Waals surface area contributed by atoms with Gasteiger partial charge in [-0.15, -0.1) is 0 Å². The number of carboxylic acids is 1. The van der Waals surface area contributed by atoms with Crippen LogP contribution in [0.4, 0.5) is 0 Å². The molecule has 156 valence electrons. The summed E-state index contributed by atoms with van der Waals surface area (Å²) in [6.07, 6.45) is 7.92. The first-order valence-corrected chi connectivity index (χ1v) is 10.2. The molecule has 0 saturated heterocycles. The van der Waals surface area contributed by atoms with Crippen LogP contribution in [0.5, 0.6) is 0 Å². The molecule has 0 aromatic carbocycles. The lowest BCUT2D eigenvalue weighted by atomic mass is 9.78. The highest BCUT2D eigenvalue weighted by atomic mass is 16.4. The van der Waals surface area contributed by atoms with Crippen LogP contribution in [0.15, 0.2) is 23.5 Å². The zero-order valence-electron chi connectivity index (χ0n) is 17.6. The summed E-state index contributed by atoms with van der Waals surface area (Å²) in [6.45, 7) is 8.94. The number of carbonyl (C=O) groups is 3. The van der Waals surface area contributed by atoms with Crippen molar-refractivity contribution in [3.8, 4) is 0 Å². The minimum Gasteiger partial charge on any atom is -0.480 e. The second-order valence-electron chi connectivity index (χ2n) is 9.77. The van der Waals surface area contributed by atoms with Crippen molar-refractivity contribution in [2.24, 2.45) is 10.8 Å². The van der Waals surface area contributed by atoms with Crippen LogP contribution < -0.4 is 10.6 Å². The van der Waals surface area contributed by atoms with Crippen molar-refractivity contribution >= 4 is 17.5 Å². The van der Waals surface area contributed by atoms with Gasteiger partial charge in [-0.25, -0.2) is 4.79 Å². The highest BCUT2D eigenvalue weighted by molar-refractivity contribution is 5.92. The molecular weight excluding hydrogens is 356 g/mol. The van der Waals surface area contributed by atoms with E-state index in [2.05, 4.69) is 24.5 Å². The minimum absolute atomic E-state index is 0.00851. The predicted octanol–water partition coefficient (Wildman–Crippen LogP) is 3.34. The number of carboxylic acid groups (broad SMARTS) is 1. The largest absolute Gasteiger partial charge is 0.480 e. The number of hydrogen-bond donors (Lipinski definition) is 3. The molecule has 0 aromatic rings. The Hall–Kier alpha value is -2.11. The summed E-state index contributed by atoms with van der Waals surface area (Å²) in [6, 6.07) is -0.692. The molecule has 0 spiro atoms. The van der Waals surface area contributed by atoms with Gasteiger partial charge in [0.05, 0.1) is 0 Å². The maximum absolute atomic E-state index is 11.9. The molecular formula is C22H34N2O4. The molecule has 3 N–H and O–H groups in total. The highest BCUT2D eigenvalue weighted by Gasteiger charge is 2.30. The topological polar surface area (TPSA) is 95.5 Å². The van der Waals surface area contributed by atoms with E-state index in [-0.39, 0.29) is 22.4 Å². The lowest BCUT2D eigenvalue weighted by molar-refractivity contribution is -0.139. The maximum Gasteiger partial charge on any atom is 0.326 e. The molecule has 6 heteroatoms. The zero-order chi connectivity index (χ0) is 20.9. The Morgan fingerprint density at radius 1 is 0.964 bits per heavy atom. The molecule has 0 radical (unpaired) electrons. The van der Waals surface area contributed by atoms with Gasteiger partial charge in [-0.1, -0.05) is 27.7 Å². The fourth-order valence-corrected chi connectivity index (χ4v) is 4.10. The predicted molar refractivity (Wildman–Crippen MR) is 109 cm³/mol. The van der Waals surface area contributed by atoms with Crippen molar-refractivity contribution in [2.45, 2.75) is 78.7 Å². The second-order valence-corrected chi connectivity index (χ2v) is 9.77. The summed E-state index contributed by atoms with van der Waals surface area (Å²) >= 11 is 0. The van der Waals surface area contributed by atoms with Gasteiger partial charge >= 0.3 is 5.97 Å². The Balaban J connectivity index is 1.77. The number of carbonyl (C=O) groups excluding carboxylic acids is 2. The standard InChI is InChI=1S/C22H34N2O4/c1-21(2)11-15(9-17(25)13-21)23-8-6-5-7-19(20(27)28)24-16-10-18(26)14-22(3,4)12-16/h9-10,19,23-24H,5-8,11-14H2,1-4H3,(H,27,28)/t19-/m1/s1. The van der Waals surface area contributed by atoms with E-state index < -0.39 is 12.0 Å². The van der Waals surface area contributed by atoms with E-state index in [1.54, 1.807) is 12.2 Å². The fraction of sp³-hybridized carbons (Fsp3) is 0.682. The Labute approximate surface area is 167 Å². The van der Waals surface area contributed by atoms with Gasteiger partial charge in [-0.2, -0.15) is 0 Å². The normalized spacial score (nSPS) is 22.1. The van der Waals surface area contributed by atoms with Crippen LogP contribution in [0.2, 0.25) is 0 Å². The van der Waals surface area contributed by atoms with Crippen LogP contribution in [0, 0.1) is 10.8 Å². The van der Waals surface area contributed by atoms with E-state index in [0.29, 0.717) is 25.7 Å². The lowest BCUT2D eigenvalue weighted by Crippen LogP contribution is -2.39. The van der Waals surface area contributed by atoms with Crippen molar-refractivity contribution in [3.05, 3.63) is 23.5 Å². The molecule has 28 heavy (non-hydrogen) atoms. The quantitative estimate of drug-likeness (QED) is 0.523. The SMILES string of the molecule is CC1(C)CC(=O)C=C(NCCCC[C@@H](NC2=CC(=O)CC(C)(C)C2)C(=O)O)C1. The number of unbranched alkanes of at least 4 members (excludes halogenated alkanes) is 1. The third kappa shape index (κ3) is 7.13. The van der Waals surface area contributed by atoms with Gasteiger partial charge in [0.15, 0.2) is 11.6 Å². The molecule has 2 rings (SSSR count). The van der Waals surface area contributed by atoms with E-state index >= 15 is 0 Å². The second kappa shape index (κ2) is 8.93. The average Bonchev–Trinajstić information content (AvgIpc) is 2.49. The summed E-state index contributed by atoms with van der Waals surface area (Å²) in [4.78, 5) is 35.2. The zero-order valence-corrected chi connectivity index (χ0v) is 17.6. The molecule has 0 fully saturated rings.